The lowest BCUT2D eigenvalue weighted by Crippen LogP contribution is -2.41. The van der Waals surface area contributed by atoms with Crippen molar-refractivity contribution in [3.63, 3.8) is 0 Å². The van der Waals surface area contributed by atoms with Crippen molar-refractivity contribution in [2.75, 3.05) is 20.2 Å². The number of likely N-dealkylation sites (tertiary alicyclic amines) is 1. The molecule has 1 aromatic rings. The molecule has 1 aliphatic heterocycles. The Morgan fingerprint density at radius 2 is 1.76 bits per heavy atom. The van der Waals surface area contributed by atoms with Crippen molar-refractivity contribution < 1.29 is 27.4 Å². The molecule has 1 fully saturated rings. The molecule has 7 heteroatoms. The monoisotopic (exact) mass is 303 g/mol. The Bertz CT molecular complexity index is 479. The minimum absolute atomic E-state index is 0.109. The average molecular weight is 303 g/mol. The fourth-order valence-electron chi connectivity index (χ4n) is 2.20. The lowest BCUT2D eigenvalue weighted by Gasteiger charge is -2.31. The number of methoxy groups -OCH3 is 1. The van der Waals surface area contributed by atoms with Gasteiger partial charge in [0.05, 0.1) is 12.7 Å². The predicted molar refractivity (Wildman–Crippen MR) is 69.1 cm³/mol. The van der Waals surface area contributed by atoms with Crippen LogP contribution in [0.1, 0.15) is 18.4 Å². The van der Waals surface area contributed by atoms with E-state index in [2.05, 4.69) is 4.74 Å². The Morgan fingerprint density at radius 3 is 2.24 bits per heavy atom. The molecule has 1 saturated heterocycles. The summed E-state index contributed by atoms with van der Waals surface area (Å²) < 4.78 is 47.6. The predicted octanol–water partition coefficient (Wildman–Crippen LogP) is 3.32. The molecule has 0 spiro atoms. The molecule has 116 valence electrons. The van der Waals surface area contributed by atoms with Crippen LogP contribution in [0.15, 0.2) is 24.3 Å². The van der Waals surface area contributed by atoms with Crippen LogP contribution in [0.2, 0.25) is 0 Å². The van der Waals surface area contributed by atoms with Gasteiger partial charge in [-0.3, -0.25) is 0 Å². The molecule has 0 aliphatic carbocycles. The van der Waals surface area contributed by atoms with E-state index in [1.165, 1.54) is 19.2 Å². The largest absolute Gasteiger partial charge is 0.490 e. The first-order chi connectivity index (χ1) is 9.90. The summed E-state index contributed by atoms with van der Waals surface area (Å²) in [6.07, 6.45) is -3.58. The molecule has 1 aliphatic rings. The fraction of sp³-hybridized carbons (Fsp3) is 0.500. The van der Waals surface area contributed by atoms with Crippen LogP contribution in [0.4, 0.5) is 18.0 Å². The maximum absolute atomic E-state index is 12.4. The third-order valence-corrected chi connectivity index (χ3v) is 3.36. The highest BCUT2D eigenvalue weighted by molar-refractivity contribution is 5.67. The first-order valence-electron chi connectivity index (χ1n) is 6.57. The number of benzene rings is 1. The van der Waals surface area contributed by atoms with E-state index in [0.29, 0.717) is 31.7 Å². The van der Waals surface area contributed by atoms with Crippen LogP contribution >= 0.6 is 0 Å². The summed E-state index contributed by atoms with van der Waals surface area (Å²) in [7, 11) is 1.33. The zero-order chi connectivity index (χ0) is 15.5. The van der Waals surface area contributed by atoms with Gasteiger partial charge in [-0.1, -0.05) is 0 Å². The van der Waals surface area contributed by atoms with E-state index in [9.17, 15) is 18.0 Å². The standard InChI is InChI=1S/C14H16F3NO3/c1-20-13(19)18-8-6-12(7-9-18)21-11-4-2-10(3-5-11)14(15,16)17/h2-5,12H,6-9H2,1H3. The number of halogens is 3. The number of piperidine rings is 1. The maximum atomic E-state index is 12.4. The summed E-state index contributed by atoms with van der Waals surface area (Å²) in [5.41, 5.74) is -0.699. The van der Waals surface area contributed by atoms with Crippen molar-refractivity contribution in [1.29, 1.82) is 0 Å². The summed E-state index contributed by atoms with van der Waals surface area (Å²) in [6.45, 7) is 1.02. The van der Waals surface area contributed by atoms with Gasteiger partial charge in [0.1, 0.15) is 11.9 Å². The van der Waals surface area contributed by atoms with E-state index in [4.69, 9.17) is 4.74 Å². The van der Waals surface area contributed by atoms with Crippen LogP contribution in [0, 0.1) is 0 Å². The number of hydrogen-bond donors (Lipinski definition) is 0. The summed E-state index contributed by atoms with van der Waals surface area (Å²) >= 11 is 0. The second-order valence-electron chi connectivity index (χ2n) is 4.80. The van der Waals surface area contributed by atoms with E-state index in [1.54, 1.807) is 4.90 Å². The van der Waals surface area contributed by atoms with Crippen LogP contribution in [0.3, 0.4) is 0 Å². The Balaban J connectivity index is 1.88. The summed E-state index contributed by atoms with van der Waals surface area (Å²) in [5, 5.41) is 0. The van der Waals surface area contributed by atoms with Gasteiger partial charge in [-0.05, 0) is 24.3 Å². The first-order valence-corrected chi connectivity index (χ1v) is 6.57. The highest BCUT2D eigenvalue weighted by Gasteiger charge is 2.30. The zero-order valence-electron chi connectivity index (χ0n) is 11.5. The molecule has 0 atom stereocenters. The Hall–Kier alpha value is -1.92. The topological polar surface area (TPSA) is 38.8 Å². The summed E-state index contributed by atoms with van der Waals surface area (Å²) in [4.78, 5) is 12.9. The molecule has 1 amide bonds. The Kier molecular flexibility index (Phi) is 4.59. The number of ether oxygens (including phenoxy) is 2. The Morgan fingerprint density at radius 1 is 1.19 bits per heavy atom. The first kappa shape index (κ1) is 15.5. The molecule has 4 nitrogen and oxygen atoms in total. The normalized spacial score (nSPS) is 16.7. The molecule has 21 heavy (non-hydrogen) atoms. The fourth-order valence-corrected chi connectivity index (χ4v) is 2.20. The van der Waals surface area contributed by atoms with Crippen molar-refractivity contribution in [3.05, 3.63) is 29.8 Å². The molecular weight excluding hydrogens is 287 g/mol. The van der Waals surface area contributed by atoms with Gasteiger partial charge in [0.15, 0.2) is 0 Å². The third kappa shape index (κ3) is 4.03. The molecule has 0 N–H and O–H groups in total. The van der Waals surface area contributed by atoms with E-state index in [0.717, 1.165) is 12.1 Å². The molecule has 0 unspecified atom stereocenters. The summed E-state index contributed by atoms with van der Waals surface area (Å²) in [6, 6.07) is 4.63. The van der Waals surface area contributed by atoms with Crippen LogP contribution in [-0.4, -0.2) is 37.3 Å². The van der Waals surface area contributed by atoms with E-state index in [1.807, 2.05) is 0 Å². The van der Waals surface area contributed by atoms with Gasteiger partial charge in [-0.2, -0.15) is 13.2 Å². The number of carbonyl (C=O) groups is 1. The van der Waals surface area contributed by atoms with Gasteiger partial charge in [0.2, 0.25) is 0 Å². The highest BCUT2D eigenvalue weighted by Crippen LogP contribution is 2.30. The van der Waals surface area contributed by atoms with Crippen LogP contribution in [0.25, 0.3) is 0 Å². The van der Waals surface area contributed by atoms with Crippen LogP contribution < -0.4 is 4.74 Å². The number of carbonyl (C=O) groups excluding carboxylic acids is 1. The van der Waals surface area contributed by atoms with Gasteiger partial charge in [0.25, 0.3) is 0 Å². The van der Waals surface area contributed by atoms with Gasteiger partial charge < -0.3 is 14.4 Å². The Labute approximate surface area is 120 Å². The van der Waals surface area contributed by atoms with Crippen molar-refractivity contribution in [1.82, 2.24) is 4.90 Å². The van der Waals surface area contributed by atoms with E-state index >= 15 is 0 Å². The number of alkyl halides is 3. The molecule has 0 radical (unpaired) electrons. The molecule has 0 aromatic heterocycles. The SMILES string of the molecule is COC(=O)N1CCC(Oc2ccc(C(F)(F)F)cc2)CC1. The highest BCUT2D eigenvalue weighted by atomic mass is 19.4. The van der Waals surface area contributed by atoms with Gasteiger partial charge >= 0.3 is 12.3 Å². The molecular formula is C14H16F3NO3. The molecule has 1 heterocycles. The van der Waals surface area contributed by atoms with Gasteiger partial charge in [-0.15, -0.1) is 0 Å². The minimum Gasteiger partial charge on any atom is -0.490 e. The lowest BCUT2D eigenvalue weighted by molar-refractivity contribution is -0.137. The van der Waals surface area contributed by atoms with Gasteiger partial charge in [-0.25, -0.2) is 4.79 Å². The molecule has 2 rings (SSSR count). The second-order valence-corrected chi connectivity index (χ2v) is 4.80. The van der Waals surface area contributed by atoms with Crippen molar-refractivity contribution in [2.24, 2.45) is 0 Å². The molecule has 0 saturated carbocycles. The zero-order valence-corrected chi connectivity index (χ0v) is 11.5. The van der Waals surface area contributed by atoms with Crippen molar-refractivity contribution in [3.8, 4) is 5.75 Å². The number of nitrogens with zero attached hydrogens (tertiary/aromatic N) is 1. The van der Waals surface area contributed by atoms with Gasteiger partial charge in [0, 0.05) is 25.9 Å². The van der Waals surface area contributed by atoms with E-state index in [-0.39, 0.29) is 12.2 Å². The molecule has 1 aromatic carbocycles. The number of rotatable bonds is 2. The number of hydrogen-bond acceptors (Lipinski definition) is 3. The minimum atomic E-state index is -4.34. The van der Waals surface area contributed by atoms with Crippen LogP contribution in [0.5, 0.6) is 5.75 Å². The van der Waals surface area contributed by atoms with E-state index < -0.39 is 11.7 Å². The molecule has 0 bridgehead atoms. The quantitative estimate of drug-likeness (QED) is 0.841. The van der Waals surface area contributed by atoms with Crippen molar-refractivity contribution >= 4 is 6.09 Å². The third-order valence-electron chi connectivity index (χ3n) is 3.36. The number of amides is 1. The van der Waals surface area contributed by atoms with Crippen molar-refractivity contribution in [2.45, 2.75) is 25.1 Å². The average Bonchev–Trinajstić information content (AvgIpc) is 2.47. The van der Waals surface area contributed by atoms with Crippen LogP contribution in [-0.2, 0) is 10.9 Å². The maximum Gasteiger partial charge on any atom is 0.416 e. The summed E-state index contributed by atoms with van der Waals surface area (Å²) in [5.74, 6) is 0.402. The lowest BCUT2D eigenvalue weighted by atomic mass is 10.1. The smallest absolute Gasteiger partial charge is 0.416 e. The second kappa shape index (κ2) is 6.24.